The number of amides is 1. The Balaban J connectivity index is 1.60. The van der Waals surface area contributed by atoms with Gasteiger partial charge in [0.1, 0.15) is 11.6 Å². The summed E-state index contributed by atoms with van der Waals surface area (Å²) < 4.78 is 0. The van der Waals surface area contributed by atoms with Gasteiger partial charge >= 0.3 is 0 Å². The summed E-state index contributed by atoms with van der Waals surface area (Å²) in [6.45, 7) is 4.80. The van der Waals surface area contributed by atoms with E-state index in [0.717, 1.165) is 50.2 Å². The normalized spacial score (nSPS) is 23.6. The molecule has 124 valence electrons. The third-order valence-electron chi connectivity index (χ3n) is 4.88. The Morgan fingerprint density at radius 1 is 1.43 bits per heavy atom. The van der Waals surface area contributed by atoms with Gasteiger partial charge in [0, 0.05) is 24.2 Å². The number of fused-ring (bicyclic) bond motifs is 1. The van der Waals surface area contributed by atoms with E-state index in [2.05, 4.69) is 17.4 Å². The van der Waals surface area contributed by atoms with Gasteiger partial charge in [0.05, 0.1) is 6.54 Å². The fourth-order valence-corrected chi connectivity index (χ4v) is 3.64. The van der Waals surface area contributed by atoms with Crippen LogP contribution in [-0.2, 0) is 22.4 Å². The topological polar surface area (TPSA) is 62.3 Å². The van der Waals surface area contributed by atoms with Crippen LogP contribution < -0.4 is 5.32 Å². The molecule has 0 radical (unpaired) electrons. The van der Waals surface area contributed by atoms with E-state index in [9.17, 15) is 9.59 Å². The van der Waals surface area contributed by atoms with Crippen LogP contribution in [0.3, 0.4) is 0 Å². The number of anilines is 1. The minimum atomic E-state index is 0.0233. The molecule has 5 heteroatoms. The van der Waals surface area contributed by atoms with Crippen LogP contribution in [-0.4, -0.2) is 40.7 Å². The summed E-state index contributed by atoms with van der Waals surface area (Å²) >= 11 is 0. The summed E-state index contributed by atoms with van der Waals surface area (Å²) in [6.07, 6.45) is 4.72. The van der Waals surface area contributed by atoms with Crippen LogP contribution in [0.25, 0.3) is 0 Å². The quantitative estimate of drug-likeness (QED) is 0.905. The predicted molar refractivity (Wildman–Crippen MR) is 89.3 cm³/mol. The third-order valence-corrected chi connectivity index (χ3v) is 4.88. The minimum Gasteiger partial charge on any atom is -0.370 e. The number of nitrogens with one attached hydrogen (secondary N) is 1. The summed E-state index contributed by atoms with van der Waals surface area (Å²) in [5, 5.41) is 3.35. The molecule has 3 heterocycles. The van der Waals surface area contributed by atoms with Crippen molar-refractivity contribution in [1.82, 2.24) is 9.88 Å². The maximum atomic E-state index is 12.4. The number of nitrogens with zero attached hydrogens (tertiary/aromatic N) is 2. The summed E-state index contributed by atoms with van der Waals surface area (Å²) in [4.78, 5) is 30.2. The fourth-order valence-electron chi connectivity index (χ4n) is 3.64. The average molecular weight is 315 g/mol. The number of hydrogen-bond acceptors (Lipinski definition) is 4. The maximum Gasteiger partial charge on any atom is 0.226 e. The molecule has 0 saturated carbocycles. The molecule has 2 atom stereocenters. The molecule has 5 nitrogen and oxygen atoms in total. The first-order chi connectivity index (χ1) is 11.0. The first-order valence-corrected chi connectivity index (χ1v) is 8.57. The van der Waals surface area contributed by atoms with Crippen LogP contribution in [0.2, 0.25) is 0 Å². The van der Waals surface area contributed by atoms with Crippen LogP contribution in [0.5, 0.6) is 0 Å². The van der Waals surface area contributed by atoms with Crippen LogP contribution in [0.15, 0.2) is 12.1 Å². The molecule has 1 amide bonds. The highest BCUT2D eigenvalue weighted by molar-refractivity contribution is 5.87. The standard InChI is InChI=1S/C18H25N3O2/c1-12-10-15(18(23)21(12)11-13(2)22)6-8-16-7-5-14-4-3-9-19-17(14)20-16/h5,7,12,15H,3-4,6,8-11H2,1-2H3,(H,19,20). The summed E-state index contributed by atoms with van der Waals surface area (Å²) in [5.41, 5.74) is 2.34. The van der Waals surface area contributed by atoms with Crippen LogP contribution in [0.4, 0.5) is 5.82 Å². The second kappa shape index (κ2) is 6.69. The van der Waals surface area contributed by atoms with Gasteiger partial charge in [0.25, 0.3) is 0 Å². The molecule has 1 saturated heterocycles. The predicted octanol–water partition coefficient (Wildman–Crippen LogP) is 2.20. The molecule has 1 aromatic rings. The average Bonchev–Trinajstić information content (AvgIpc) is 2.80. The monoisotopic (exact) mass is 315 g/mol. The van der Waals surface area contributed by atoms with Crippen molar-refractivity contribution in [3.8, 4) is 0 Å². The van der Waals surface area contributed by atoms with Crippen molar-refractivity contribution in [2.75, 3.05) is 18.4 Å². The Bertz CT molecular complexity index is 614. The van der Waals surface area contributed by atoms with E-state index in [0.29, 0.717) is 0 Å². The Morgan fingerprint density at radius 2 is 2.26 bits per heavy atom. The van der Waals surface area contributed by atoms with E-state index in [1.165, 1.54) is 12.5 Å². The number of pyridine rings is 1. The Morgan fingerprint density at radius 3 is 3.04 bits per heavy atom. The van der Waals surface area contributed by atoms with Crippen LogP contribution >= 0.6 is 0 Å². The van der Waals surface area contributed by atoms with E-state index >= 15 is 0 Å². The second-order valence-corrected chi connectivity index (χ2v) is 6.83. The van der Waals surface area contributed by atoms with Crippen LogP contribution in [0.1, 0.15) is 44.4 Å². The zero-order valence-electron chi connectivity index (χ0n) is 14.0. The van der Waals surface area contributed by atoms with Gasteiger partial charge in [-0.25, -0.2) is 4.98 Å². The van der Waals surface area contributed by atoms with Gasteiger partial charge < -0.3 is 10.2 Å². The first-order valence-electron chi connectivity index (χ1n) is 8.57. The lowest BCUT2D eigenvalue weighted by Crippen LogP contribution is -2.36. The molecule has 1 aromatic heterocycles. The van der Waals surface area contributed by atoms with Gasteiger partial charge in [-0.15, -0.1) is 0 Å². The summed E-state index contributed by atoms with van der Waals surface area (Å²) in [6, 6.07) is 4.40. The van der Waals surface area contributed by atoms with Crippen molar-refractivity contribution >= 4 is 17.5 Å². The molecule has 0 bridgehead atoms. The van der Waals surface area contributed by atoms with E-state index in [1.54, 1.807) is 4.90 Å². The molecular weight excluding hydrogens is 290 g/mol. The lowest BCUT2D eigenvalue weighted by molar-refractivity contribution is -0.135. The number of carbonyl (C=O) groups is 2. The number of carbonyl (C=O) groups excluding carboxylic acids is 2. The number of ketones is 1. The Kier molecular flexibility index (Phi) is 4.64. The van der Waals surface area contributed by atoms with Crippen molar-refractivity contribution < 1.29 is 9.59 Å². The third kappa shape index (κ3) is 3.54. The molecule has 2 aliphatic rings. The lowest BCUT2D eigenvalue weighted by Gasteiger charge is -2.20. The number of likely N-dealkylation sites (tertiary alicyclic amines) is 1. The molecule has 2 unspecified atom stereocenters. The number of aryl methyl sites for hydroxylation is 2. The Labute approximate surface area is 137 Å². The van der Waals surface area contributed by atoms with Gasteiger partial charge in [-0.3, -0.25) is 9.59 Å². The number of hydrogen-bond donors (Lipinski definition) is 1. The lowest BCUT2D eigenvalue weighted by atomic mass is 9.98. The largest absolute Gasteiger partial charge is 0.370 e. The zero-order valence-corrected chi connectivity index (χ0v) is 14.0. The van der Waals surface area contributed by atoms with Crippen LogP contribution in [0, 0.1) is 5.92 Å². The van der Waals surface area contributed by atoms with Crippen molar-refractivity contribution in [3.05, 3.63) is 23.4 Å². The summed E-state index contributed by atoms with van der Waals surface area (Å²) in [5.74, 6) is 1.21. The molecule has 23 heavy (non-hydrogen) atoms. The first kappa shape index (κ1) is 16.0. The molecule has 0 spiro atoms. The second-order valence-electron chi connectivity index (χ2n) is 6.83. The molecule has 1 fully saturated rings. The van der Waals surface area contributed by atoms with E-state index in [-0.39, 0.29) is 30.2 Å². The molecule has 0 aromatic carbocycles. The number of Topliss-reactive ketones (excluding diaryl/α,β-unsaturated/α-hetero) is 1. The van der Waals surface area contributed by atoms with Crippen molar-refractivity contribution in [3.63, 3.8) is 0 Å². The van der Waals surface area contributed by atoms with Gasteiger partial charge in [-0.05, 0) is 57.6 Å². The number of aromatic nitrogens is 1. The van der Waals surface area contributed by atoms with E-state index < -0.39 is 0 Å². The highest BCUT2D eigenvalue weighted by atomic mass is 16.2. The van der Waals surface area contributed by atoms with Crippen molar-refractivity contribution in [1.29, 1.82) is 0 Å². The Hall–Kier alpha value is -1.91. The summed E-state index contributed by atoms with van der Waals surface area (Å²) in [7, 11) is 0. The zero-order chi connectivity index (χ0) is 16.4. The van der Waals surface area contributed by atoms with E-state index in [1.807, 2.05) is 6.92 Å². The van der Waals surface area contributed by atoms with Gasteiger partial charge in [-0.1, -0.05) is 6.07 Å². The molecule has 2 aliphatic heterocycles. The molecular formula is C18H25N3O2. The SMILES string of the molecule is CC(=O)CN1C(=O)C(CCc2ccc3c(n2)NCCC3)CC1C. The minimum absolute atomic E-state index is 0.0233. The fraction of sp³-hybridized carbons (Fsp3) is 0.611. The molecule has 3 rings (SSSR count). The highest BCUT2D eigenvalue weighted by Crippen LogP contribution is 2.28. The van der Waals surface area contributed by atoms with Crippen molar-refractivity contribution in [2.24, 2.45) is 5.92 Å². The van der Waals surface area contributed by atoms with E-state index in [4.69, 9.17) is 4.98 Å². The molecule has 1 N–H and O–H groups in total. The van der Waals surface area contributed by atoms with Gasteiger partial charge in [-0.2, -0.15) is 0 Å². The molecule has 0 aliphatic carbocycles. The maximum absolute atomic E-state index is 12.4. The van der Waals surface area contributed by atoms with Crippen molar-refractivity contribution in [2.45, 2.75) is 52.0 Å². The van der Waals surface area contributed by atoms with Gasteiger partial charge in [0.15, 0.2) is 0 Å². The smallest absolute Gasteiger partial charge is 0.226 e. The van der Waals surface area contributed by atoms with Gasteiger partial charge in [0.2, 0.25) is 5.91 Å². The number of rotatable bonds is 5. The highest BCUT2D eigenvalue weighted by Gasteiger charge is 2.36.